The minimum atomic E-state index is -0.305. The lowest BCUT2D eigenvalue weighted by atomic mass is 10.1. The zero-order valence-electron chi connectivity index (χ0n) is 13.7. The number of allylic oxidation sites excluding steroid dienone is 5. The van der Waals surface area contributed by atoms with Crippen LogP contribution in [0.15, 0.2) is 76.8 Å². The molecular formula is C20H17N3O2. The maximum atomic E-state index is 12.5. The first-order valence-electron chi connectivity index (χ1n) is 8.06. The molecule has 0 spiro atoms. The lowest BCUT2D eigenvalue weighted by Gasteiger charge is -2.11. The van der Waals surface area contributed by atoms with E-state index >= 15 is 0 Å². The van der Waals surface area contributed by atoms with Crippen LogP contribution in [0.3, 0.4) is 0 Å². The van der Waals surface area contributed by atoms with Crippen molar-refractivity contribution in [2.75, 3.05) is 0 Å². The molecule has 0 atom stereocenters. The molecular weight excluding hydrogens is 314 g/mol. The van der Waals surface area contributed by atoms with Gasteiger partial charge >= 0.3 is 5.69 Å². The van der Waals surface area contributed by atoms with Crippen molar-refractivity contribution in [1.29, 1.82) is 0 Å². The highest BCUT2D eigenvalue weighted by molar-refractivity contribution is 5.90. The Morgan fingerprint density at radius 3 is 2.80 bits per heavy atom. The van der Waals surface area contributed by atoms with Crippen LogP contribution in [0.4, 0.5) is 0 Å². The van der Waals surface area contributed by atoms with Crippen LogP contribution in [0.25, 0.3) is 22.0 Å². The van der Waals surface area contributed by atoms with E-state index in [0.717, 1.165) is 27.6 Å². The minimum Gasteiger partial charge on any atom is -0.512 e. The number of H-pyrrole nitrogens is 1. The third-order valence-electron chi connectivity index (χ3n) is 4.28. The van der Waals surface area contributed by atoms with Gasteiger partial charge in [-0.15, -0.1) is 0 Å². The highest BCUT2D eigenvalue weighted by Gasteiger charge is 2.18. The first-order valence-corrected chi connectivity index (χ1v) is 8.06. The van der Waals surface area contributed by atoms with Gasteiger partial charge in [-0.3, -0.25) is 0 Å². The van der Waals surface area contributed by atoms with Gasteiger partial charge in [0.05, 0.1) is 11.4 Å². The van der Waals surface area contributed by atoms with Gasteiger partial charge in [0.1, 0.15) is 0 Å². The Labute approximate surface area is 144 Å². The Morgan fingerprint density at radius 2 is 1.92 bits per heavy atom. The van der Waals surface area contributed by atoms with Crippen LogP contribution in [-0.4, -0.2) is 19.9 Å². The van der Waals surface area contributed by atoms with Crippen molar-refractivity contribution >= 4 is 16.3 Å². The van der Waals surface area contributed by atoms with Gasteiger partial charge in [0, 0.05) is 17.4 Å². The molecule has 0 amide bonds. The standard InChI is InChI=1S/C20H17N3O2/c1-13-9-10-15(12-16(24)11-13)19-21-22-20(25)23(19)18-8-4-6-14-5-2-3-7-17(14)18/h2-11,24H,12H2,1H3,(H,22,25). The number of aliphatic hydroxyl groups excluding tert-OH is 1. The van der Waals surface area contributed by atoms with Crippen molar-refractivity contribution in [3.63, 3.8) is 0 Å². The summed E-state index contributed by atoms with van der Waals surface area (Å²) in [5, 5.41) is 18.9. The van der Waals surface area contributed by atoms with Crippen molar-refractivity contribution < 1.29 is 5.11 Å². The second-order valence-corrected chi connectivity index (χ2v) is 6.10. The smallest absolute Gasteiger partial charge is 0.348 e. The lowest BCUT2D eigenvalue weighted by molar-refractivity contribution is 0.403. The summed E-state index contributed by atoms with van der Waals surface area (Å²) in [6.07, 6.45) is 5.84. The Kier molecular flexibility index (Phi) is 3.61. The summed E-state index contributed by atoms with van der Waals surface area (Å²) < 4.78 is 1.57. The van der Waals surface area contributed by atoms with Gasteiger partial charge in [-0.25, -0.2) is 14.5 Å². The molecule has 0 unspecified atom stereocenters. The largest absolute Gasteiger partial charge is 0.512 e. The number of hydrogen-bond donors (Lipinski definition) is 2. The predicted octanol–water partition coefficient (Wildman–Crippen LogP) is 3.89. The van der Waals surface area contributed by atoms with E-state index in [-0.39, 0.29) is 11.4 Å². The van der Waals surface area contributed by atoms with Crippen LogP contribution in [0.2, 0.25) is 0 Å². The number of nitrogens with zero attached hydrogens (tertiary/aromatic N) is 2. The SMILES string of the molecule is CC1=CC=C(c2n[nH]c(=O)n2-c2cccc3ccccc23)CC(O)=C1. The zero-order chi connectivity index (χ0) is 17.4. The lowest BCUT2D eigenvalue weighted by Crippen LogP contribution is -2.17. The van der Waals surface area contributed by atoms with E-state index in [1.54, 1.807) is 10.6 Å². The number of aromatic nitrogens is 3. The van der Waals surface area contributed by atoms with Gasteiger partial charge in [0.2, 0.25) is 0 Å². The molecule has 4 rings (SSSR count). The van der Waals surface area contributed by atoms with E-state index in [1.165, 1.54) is 0 Å². The summed E-state index contributed by atoms with van der Waals surface area (Å²) in [6, 6.07) is 13.7. The van der Waals surface area contributed by atoms with Gasteiger partial charge in [-0.05, 0) is 30.0 Å². The topological polar surface area (TPSA) is 70.9 Å². The molecule has 5 nitrogen and oxygen atoms in total. The maximum absolute atomic E-state index is 12.5. The van der Waals surface area contributed by atoms with E-state index in [0.29, 0.717) is 12.2 Å². The second-order valence-electron chi connectivity index (χ2n) is 6.10. The third kappa shape index (κ3) is 2.70. The van der Waals surface area contributed by atoms with Gasteiger partial charge in [0.15, 0.2) is 5.82 Å². The number of aromatic amines is 1. The number of nitrogens with one attached hydrogen (secondary N) is 1. The van der Waals surface area contributed by atoms with E-state index in [4.69, 9.17) is 0 Å². The number of fused-ring (bicyclic) bond motifs is 1. The molecule has 1 aromatic heterocycles. The molecule has 0 saturated carbocycles. The van der Waals surface area contributed by atoms with E-state index in [2.05, 4.69) is 10.2 Å². The summed E-state index contributed by atoms with van der Waals surface area (Å²) in [5.74, 6) is 0.754. The molecule has 25 heavy (non-hydrogen) atoms. The van der Waals surface area contributed by atoms with Gasteiger partial charge < -0.3 is 5.11 Å². The summed E-state index contributed by atoms with van der Waals surface area (Å²) in [4.78, 5) is 12.5. The quantitative estimate of drug-likeness (QED) is 0.748. The molecule has 1 heterocycles. The molecule has 0 saturated heterocycles. The molecule has 2 N–H and O–H groups in total. The van der Waals surface area contributed by atoms with E-state index < -0.39 is 0 Å². The Bertz CT molecular complexity index is 1110. The predicted molar refractivity (Wildman–Crippen MR) is 98.8 cm³/mol. The van der Waals surface area contributed by atoms with E-state index in [1.807, 2.05) is 61.5 Å². The zero-order valence-corrected chi connectivity index (χ0v) is 13.7. The van der Waals surface area contributed by atoms with Crippen molar-refractivity contribution in [2.45, 2.75) is 13.3 Å². The molecule has 124 valence electrons. The fourth-order valence-electron chi connectivity index (χ4n) is 3.14. The van der Waals surface area contributed by atoms with Gasteiger partial charge in [-0.1, -0.05) is 48.6 Å². The van der Waals surface area contributed by atoms with Crippen molar-refractivity contribution in [1.82, 2.24) is 14.8 Å². The monoisotopic (exact) mass is 331 g/mol. The van der Waals surface area contributed by atoms with Gasteiger partial charge in [-0.2, -0.15) is 5.10 Å². The highest BCUT2D eigenvalue weighted by atomic mass is 16.3. The van der Waals surface area contributed by atoms with Crippen LogP contribution < -0.4 is 5.69 Å². The molecule has 0 fully saturated rings. The van der Waals surface area contributed by atoms with Crippen molar-refractivity contribution in [2.24, 2.45) is 0 Å². The molecule has 2 aromatic carbocycles. The molecule has 5 heteroatoms. The molecule has 1 aliphatic rings. The van der Waals surface area contributed by atoms with Crippen molar-refractivity contribution in [3.05, 3.63) is 88.3 Å². The average Bonchev–Trinajstić information content (AvgIpc) is 2.90. The number of hydrogen-bond acceptors (Lipinski definition) is 3. The highest BCUT2D eigenvalue weighted by Crippen LogP contribution is 2.27. The molecule has 3 aromatic rings. The Hall–Kier alpha value is -3.34. The van der Waals surface area contributed by atoms with E-state index in [9.17, 15) is 9.90 Å². The van der Waals surface area contributed by atoms with Crippen LogP contribution in [0.5, 0.6) is 0 Å². The second kappa shape index (κ2) is 5.94. The van der Waals surface area contributed by atoms with Crippen LogP contribution in [-0.2, 0) is 0 Å². The normalized spacial score (nSPS) is 14.7. The summed E-state index contributed by atoms with van der Waals surface area (Å²) in [7, 11) is 0. The number of benzene rings is 2. The number of rotatable bonds is 2. The average molecular weight is 331 g/mol. The first-order chi connectivity index (χ1) is 12.1. The number of aliphatic hydroxyl groups is 1. The molecule has 0 bridgehead atoms. The summed E-state index contributed by atoms with van der Waals surface area (Å²) >= 11 is 0. The third-order valence-corrected chi connectivity index (χ3v) is 4.28. The Morgan fingerprint density at radius 1 is 1.12 bits per heavy atom. The van der Waals surface area contributed by atoms with Crippen LogP contribution in [0.1, 0.15) is 19.2 Å². The molecule has 1 aliphatic carbocycles. The van der Waals surface area contributed by atoms with Gasteiger partial charge in [0.25, 0.3) is 0 Å². The Balaban J connectivity index is 1.95. The molecule has 0 radical (unpaired) electrons. The molecule has 0 aliphatic heterocycles. The summed E-state index contributed by atoms with van der Waals surface area (Å²) in [5.41, 5.74) is 2.18. The fraction of sp³-hybridized carbons (Fsp3) is 0.100. The van der Waals surface area contributed by atoms with Crippen LogP contribution in [0, 0.1) is 0 Å². The summed E-state index contributed by atoms with van der Waals surface area (Å²) in [6.45, 7) is 1.91. The van der Waals surface area contributed by atoms with Crippen molar-refractivity contribution in [3.8, 4) is 5.69 Å². The first kappa shape index (κ1) is 15.2. The minimum absolute atomic E-state index is 0.248. The fourth-order valence-corrected chi connectivity index (χ4v) is 3.14. The van der Waals surface area contributed by atoms with Crippen LogP contribution >= 0.6 is 0 Å². The maximum Gasteiger partial charge on any atom is 0.348 e.